The van der Waals surface area contributed by atoms with Crippen LogP contribution in [0.3, 0.4) is 0 Å². The topological polar surface area (TPSA) is 44.3 Å². The molecule has 0 saturated heterocycles. The molecular formula is C11H14N2OS. The lowest BCUT2D eigenvalue weighted by molar-refractivity contribution is 0.478. The Morgan fingerprint density at radius 2 is 2.20 bits per heavy atom. The van der Waals surface area contributed by atoms with Crippen molar-refractivity contribution >= 4 is 23.0 Å². The van der Waals surface area contributed by atoms with Gasteiger partial charge in [0.05, 0.1) is 5.69 Å². The van der Waals surface area contributed by atoms with Crippen LogP contribution in [0, 0.1) is 0 Å². The van der Waals surface area contributed by atoms with E-state index in [0.29, 0.717) is 10.8 Å². The van der Waals surface area contributed by atoms with Crippen LogP contribution < -0.4 is 10.6 Å². The van der Waals surface area contributed by atoms with Crippen molar-refractivity contribution in [2.75, 3.05) is 5.32 Å². The van der Waals surface area contributed by atoms with Crippen molar-refractivity contribution in [3.05, 3.63) is 36.9 Å². The van der Waals surface area contributed by atoms with Crippen molar-refractivity contribution in [2.24, 2.45) is 0 Å². The van der Waals surface area contributed by atoms with E-state index in [4.69, 9.17) is 12.2 Å². The number of nitrogens with one attached hydrogen (secondary N) is 2. The first-order valence-corrected chi connectivity index (χ1v) is 5.02. The third-order valence-corrected chi connectivity index (χ3v) is 2.08. The Labute approximate surface area is 94.8 Å². The zero-order valence-electron chi connectivity index (χ0n) is 8.53. The Morgan fingerprint density at radius 3 is 2.80 bits per heavy atom. The van der Waals surface area contributed by atoms with Crippen molar-refractivity contribution in [3.8, 4) is 5.75 Å². The van der Waals surface area contributed by atoms with Gasteiger partial charge >= 0.3 is 0 Å². The third-order valence-electron chi connectivity index (χ3n) is 1.86. The number of anilines is 1. The van der Waals surface area contributed by atoms with Crippen LogP contribution in [0.4, 0.5) is 5.69 Å². The molecule has 3 N–H and O–H groups in total. The maximum absolute atomic E-state index is 9.48. The molecule has 0 aliphatic rings. The van der Waals surface area contributed by atoms with Crippen LogP contribution in [0.15, 0.2) is 36.9 Å². The molecule has 15 heavy (non-hydrogen) atoms. The highest BCUT2D eigenvalue weighted by molar-refractivity contribution is 7.80. The molecule has 1 aromatic rings. The van der Waals surface area contributed by atoms with E-state index in [-0.39, 0.29) is 11.8 Å². The van der Waals surface area contributed by atoms with Crippen molar-refractivity contribution < 1.29 is 5.11 Å². The number of benzene rings is 1. The summed E-state index contributed by atoms with van der Waals surface area (Å²) in [5.41, 5.74) is 0.589. The van der Waals surface area contributed by atoms with Crippen molar-refractivity contribution in [3.63, 3.8) is 0 Å². The van der Waals surface area contributed by atoms with Gasteiger partial charge in [-0.25, -0.2) is 0 Å². The van der Waals surface area contributed by atoms with E-state index in [1.54, 1.807) is 24.3 Å². The second-order valence-electron chi connectivity index (χ2n) is 3.14. The Morgan fingerprint density at radius 1 is 1.53 bits per heavy atom. The Hall–Kier alpha value is -1.55. The molecular weight excluding hydrogens is 208 g/mol. The van der Waals surface area contributed by atoms with E-state index >= 15 is 0 Å². The minimum Gasteiger partial charge on any atom is -0.506 e. The van der Waals surface area contributed by atoms with Crippen molar-refractivity contribution in [1.82, 2.24) is 5.32 Å². The average Bonchev–Trinajstić information content (AvgIpc) is 2.21. The number of thiocarbonyl (C=S) groups is 1. The maximum Gasteiger partial charge on any atom is 0.171 e. The van der Waals surface area contributed by atoms with Gasteiger partial charge in [0.25, 0.3) is 0 Å². The van der Waals surface area contributed by atoms with Gasteiger partial charge in [0.2, 0.25) is 0 Å². The summed E-state index contributed by atoms with van der Waals surface area (Å²) in [5.74, 6) is 0.174. The van der Waals surface area contributed by atoms with Crippen LogP contribution in [-0.4, -0.2) is 16.3 Å². The Kier molecular flexibility index (Phi) is 4.12. The lowest BCUT2D eigenvalue weighted by atomic mass is 10.3. The summed E-state index contributed by atoms with van der Waals surface area (Å²) in [5, 5.41) is 15.8. The van der Waals surface area contributed by atoms with Crippen LogP contribution in [0.2, 0.25) is 0 Å². The number of para-hydroxylation sites is 2. The summed E-state index contributed by atoms with van der Waals surface area (Å²) in [7, 11) is 0. The predicted molar refractivity (Wildman–Crippen MR) is 67.1 cm³/mol. The Bertz CT molecular complexity index is 365. The predicted octanol–water partition coefficient (Wildman–Crippen LogP) is 2.25. The molecule has 0 aliphatic heterocycles. The number of hydrogen-bond donors (Lipinski definition) is 3. The summed E-state index contributed by atoms with van der Waals surface area (Å²) in [6.45, 7) is 5.58. The maximum atomic E-state index is 9.48. The van der Waals surface area contributed by atoms with Crippen molar-refractivity contribution in [1.29, 1.82) is 0 Å². The molecule has 1 unspecified atom stereocenters. The van der Waals surface area contributed by atoms with Gasteiger partial charge in [-0.2, -0.15) is 0 Å². The molecule has 0 aromatic heterocycles. The fourth-order valence-electron chi connectivity index (χ4n) is 1.00. The fraction of sp³-hybridized carbons (Fsp3) is 0.182. The van der Waals surface area contributed by atoms with Crippen LogP contribution in [0.1, 0.15) is 6.92 Å². The van der Waals surface area contributed by atoms with Crippen LogP contribution in [-0.2, 0) is 0 Å². The number of phenols is 1. The van der Waals surface area contributed by atoms with Gasteiger partial charge in [0, 0.05) is 6.04 Å². The first-order chi connectivity index (χ1) is 7.13. The summed E-state index contributed by atoms with van der Waals surface area (Å²) in [4.78, 5) is 0. The van der Waals surface area contributed by atoms with E-state index in [1.165, 1.54) is 0 Å². The highest BCUT2D eigenvalue weighted by atomic mass is 32.1. The molecule has 1 atom stereocenters. The second-order valence-corrected chi connectivity index (χ2v) is 3.55. The van der Waals surface area contributed by atoms with E-state index in [1.807, 2.05) is 13.0 Å². The van der Waals surface area contributed by atoms with E-state index in [2.05, 4.69) is 17.2 Å². The summed E-state index contributed by atoms with van der Waals surface area (Å²) >= 11 is 5.06. The molecule has 80 valence electrons. The van der Waals surface area contributed by atoms with Gasteiger partial charge < -0.3 is 15.7 Å². The third kappa shape index (κ3) is 3.59. The van der Waals surface area contributed by atoms with Crippen LogP contribution >= 0.6 is 12.2 Å². The zero-order chi connectivity index (χ0) is 11.3. The molecule has 0 fully saturated rings. The van der Waals surface area contributed by atoms with E-state index in [9.17, 15) is 5.11 Å². The molecule has 0 saturated carbocycles. The molecule has 1 aromatic carbocycles. The van der Waals surface area contributed by atoms with Crippen molar-refractivity contribution in [2.45, 2.75) is 13.0 Å². The highest BCUT2D eigenvalue weighted by Gasteiger charge is 2.03. The molecule has 0 spiro atoms. The smallest absolute Gasteiger partial charge is 0.171 e. The first-order valence-electron chi connectivity index (χ1n) is 4.61. The summed E-state index contributed by atoms with van der Waals surface area (Å²) in [6, 6.07) is 7.02. The average molecular weight is 222 g/mol. The van der Waals surface area contributed by atoms with Crippen LogP contribution in [0.25, 0.3) is 0 Å². The molecule has 3 nitrogen and oxygen atoms in total. The number of hydrogen-bond acceptors (Lipinski definition) is 2. The molecule has 1 rings (SSSR count). The largest absolute Gasteiger partial charge is 0.506 e. The minimum atomic E-state index is 0.0934. The van der Waals surface area contributed by atoms with Gasteiger partial charge in [0.1, 0.15) is 5.75 Å². The lowest BCUT2D eigenvalue weighted by Gasteiger charge is -2.14. The molecule has 0 bridgehead atoms. The van der Waals surface area contributed by atoms with Gasteiger partial charge in [-0.3, -0.25) is 0 Å². The monoisotopic (exact) mass is 222 g/mol. The molecule has 0 radical (unpaired) electrons. The number of phenolic OH excluding ortho intramolecular Hbond substituents is 1. The fourth-order valence-corrected chi connectivity index (χ4v) is 1.30. The Balaban J connectivity index is 2.59. The summed E-state index contributed by atoms with van der Waals surface area (Å²) in [6.07, 6.45) is 1.75. The molecule has 0 aliphatic carbocycles. The van der Waals surface area contributed by atoms with Crippen LogP contribution in [0.5, 0.6) is 5.75 Å². The molecule has 0 amide bonds. The molecule has 4 heteroatoms. The number of aromatic hydroxyl groups is 1. The van der Waals surface area contributed by atoms with Gasteiger partial charge in [-0.1, -0.05) is 18.2 Å². The van der Waals surface area contributed by atoms with E-state index < -0.39 is 0 Å². The van der Waals surface area contributed by atoms with Gasteiger partial charge in [-0.15, -0.1) is 6.58 Å². The highest BCUT2D eigenvalue weighted by Crippen LogP contribution is 2.21. The van der Waals surface area contributed by atoms with E-state index in [0.717, 1.165) is 0 Å². The zero-order valence-corrected chi connectivity index (χ0v) is 9.34. The second kappa shape index (κ2) is 5.36. The molecule has 0 heterocycles. The standard InChI is InChI=1S/C11H14N2OS/c1-3-8(2)12-11(15)13-9-6-4-5-7-10(9)14/h3-8,14H,1H2,2H3,(H2,12,13,15). The minimum absolute atomic E-state index is 0.0934. The quantitative estimate of drug-likeness (QED) is 0.417. The first kappa shape index (κ1) is 11.5. The lowest BCUT2D eigenvalue weighted by Crippen LogP contribution is -2.34. The number of rotatable bonds is 3. The van der Waals surface area contributed by atoms with Gasteiger partial charge in [-0.05, 0) is 31.3 Å². The van der Waals surface area contributed by atoms with Gasteiger partial charge in [0.15, 0.2) is 5.11 Å². The normalized spacial score (nSPS) is 11.5. The summed E-state index contributed by atoms with van der Waals surface area (Å²) < 4.78 is 0. The SMILES string of the molecule is C=CC(C)NC(=S)Nc1ccccc1O.